The second-order valence-electron chi connectivity index (χ2n) is 3.92. The molecule has 17 heavy (non-hydrogen) atoms. The topological polar surface area (TPSA) is 72.3 Å². The van der Waals surface area contributed by atoms with E-state index in [0.29, 0.717) is 12.5 Å². The standard InChI is InChI=1S/C10H18N6S/c1-15-8-13-9(14-15)2-3-12-10(11)16-4-6-17-7-5-16/h8H,2-7H2,1H3,(H2,11,12). The summed E-state index contributed by atoms with van der Waals surface area (Å²) in [5.41, 5.74) is 5.94. The number of nitrogens with zero attached hydrogens (tertiary/aromatic N) is 5. The van der Waals surface area contributed by atoms with Gasteiger partial charge in [0.05, 0.1) is 0 Å². The lowest BCUT2D eigenvalue weighted by Crippen LogP contribution is -2.42. The molecule has 0 radical (unpaired) electrons. The summed E-state index contributed by atoms with van der Waals surface area (Å²) in [7, 11) is 1.86. The third kappa shape index (κ3) is 3.62. The molecule has 6 nitrogen and oxygen atoms in total. The second-order valence-corrected chi connectivity index (χ2v) is 5.15. The van der Waals surface area contributed by atoms with Gasteiger partial charge >= 0.3 is 0 Å². The van der Waals surface area contributed by atoms with E-state index in [-0.39, 0.29) is 0 Å². The van der Waals surface area contributed by atoms with Crippen molar-refractivity contribution < 1.29 is 0 Å². The van der Waals surface area contributed by atoms with Crippen LogP contribution in [0.1, 0.15) is 5.82 Å². The minimum atomic E-state index is 0.652. The smallest absolute Gasteiger partial charge is 0.191 e. The van der Waals surface area contributed by atoms with Gasteiger partial charge in [-0.3, -0.25) is 9.67 Å². The highest BCUT2D eigenvalue weighted by Crippen LogP contribution is 2.08. The Labute approximate surface area is 105 Å². The Morgan fingerprint density at radius 2 is 2.29 bits per heavy atom. The minimum Gasteiger partial charge on any atom is -0.370 e. The maximum atomic E-state index is 5.94. The molecule has 1 aliphatic heterocycles. The molecule has 1 saturated heterocycles. The largest absolute Gasteiger partial charge is 0.370 e. The van der Waals surface area contributed by atoms with Gasteiger partial charge in [-0.1, -0.05) is 0 Å². The quantitative estimate of drug-likeness (QED) is 0.593. The Morgan fingerprint density at radius 1 is 1.53 bits per heavy atom. The van der Waals surface area contributed by atoms with E-state index in [9.17, 15) is 0 Å². The monoisotopic (exact) mass is 254 g/mol. The SMILES string of the molecule is Cn1cnc(CCN=C(N)N2CCSCC2)n1. The number of thioether (sulfide) groups is 1. The van der Waals surface area contributed by atoms with Gasteiger partial charge in [0.15, 0.2) is 11.8 Å². The van der Waals surface area contributed by atoms with Crippen LogP contribution in [0.4, 0.5) is 0 Å². The van der Waals surface area contributed by atoms with Crippen molar-refractivity contribution in [3.8, 4) is 0 Å². The molecule has 0 saturated carbocycles. The molecule has 0 amide bonds. The zero-order chi connectivity index (χ0) is 12.1. The first-order chi connectivity index (χ1) is 8.25. The van der Waals surface area contributed by atoms with E-state index in [0.717, 1.165) is 36.8 Å². The zero-order valence-electron chi connectivity index (χ0n) is 10.0. The van der Waals surface area contributed by atoms with Crippen LogP contribution in [0.3, 0.4) is 0 Å². The number of nitrogens with two attached hydrogens (primary N) is 1. The number of rotatable bonds is 3. The molecule has 2 N–H and O–H groups in total. The molecule has 2 heterocycles. The van der Waals surface area contributed by atoms with Gasteiger partial charge in [0.2, 0.25) is 0 Å². The van der Waals surface area contributed by atoms with Crippen LogP contribution in [0, 0.1) is 0 Å². The highest BCUT2D eigenvalue weighted by Gasteiger charge is 2.11. The number of hydrogen-bond acceptors (Lipinski definition) is 4. The minimum absolute atomic E-state index is 0.652. The molecule has 0 aromatic carbocycles. The fraction of sp³-hybridized carbons (Fsp3) is 0.700. The summed E-state index contributed by atoms with van der Waals surface area (Å²) in [6, 6.07) is 0. The number of aromatic nitrogens is 3. The van der Waals surface area contributed by atoms with Crippen LogP contribution in [-0.2, 0) is 13.5 Å². The van der Waals surface area contributed by atoms with Crippen LogP contribution in [0.5, 0.6) is 0 Å². The molecular weight excluding hydrogens is 236 g/mol. The van der Waals surface area contributed by atoms with Gasteiger partial charge in [-0.2, -0.15) is 16.9 Å². The predicted molar refractivity (Wildman–Crippen MR) is 70.1 cm³/mol. The lowest BCUT2D eigenvalue weighted by atomic mass is 10.4. The lowest BCUT2D eigenvalue weighted by Gasteiger charge is -2.27. The van der Waals surface area contributed by atoms with Crippen molar-refractivity contribution in [2.75, 3.05) is 31.1 Å². The summed E-state index contributed by atoms with van der Waals surface area (Å²) in [6.07, 6.45) is 2.44. The molecule has 0 unspecified atom stereocenters. The van der Waals surface area contributed by atoms with Crippen LogP contribution >= 0.6 is 11.8 Å². The first-order valence-electron chi connectivity index (χ1n) is 5.73. The summed E-state index contributed by atoms with van der Waals surface area (Å²) in [5, 5.41) is 4.20. The summed E-state index contributed by atoms with van der Waals surface area (Å²) < 4.78 is 1.70. The number of aliphatic imine (C=N–C) groups is 1. The molecule has 1 aromatic heterocycles. The van der Waals surface area contributed by atoms with Crippen molar-refractivity contribution in [3.05, 3.63) is 12.2 Å². The maximum Gasteiger partial charge on any atom is 0.191 e. The van der Waals surface area contributed by atoms with Crippen LogP contribution in [0.15, 0.2) is 11.3 Å². The molecule has 1 fully saturated rings. The lowest BCUT2D eigenvalue weighted by molar-refractivity contribution is 0.456. The molecular formula is C10H18N6S. The average Bonchev–Trinajstić information content (AvgIpc) is 2.76. The fourth-order valence-electron chi connectivity index (χ4n) is 1.66. The molecule has 0 spiro atoms. The van der Waals surface area contributed by atoms with E-state index in [4.69, 9.17) is 5.73 Å². The summed E-state index contributed by atoms with van der Waals surface area (Å²) >= 11 is 1.96. The van der Waals surface area contributed by atoms with Crippen molar-refractivity contribution in [1.82, 2.24) is 19.7 Å². The van der Waals surface area contributed by atoms with Gasteiger partial charge in [0.1, 0.15) is 6.33 Å². The number of aryl methyl sites for hydroxylation is 1. The fourth-order valence-corrected chi connectivity index (χ4v) is 2.56. The molecule has 0 aliphatic carbocycles. The molecule has 1 aromatic rings. The molecule has 2 rings (SSSR count). The Hall–Kier alpha value is -1.24. The Balaban J connectivity index is 1.79. The van der Waals surface area contributed by atoms with Gasteiger partial charge < -0.3 is 10.6 Å². The highest BCUT2D eigenvalue weighted by molar-refractivity contribution is 7.99. The van der Waals surface area contributed by atoms with Crippen molar-refractivity contribution >= 4 is 17.7 Å². The highest BCUT2D eigenvalue weighted by atomic mass is 32.2. The molecule has 7 heteroatoms. The van der Waals surface area contributed by atoms with Crippen molar-refractivity contribution in [1.29, 1.82) is 0 Å². The van der Waals surface area contributed by atoms with E-state index < -0.39 is 0 Å². The van der Waals surface area contributed by atoms with E-state index in [1.165, 1.54) is 0 Å². The molecule has 0 atom stereocenters. The predicted octanol–water partition coefficient (Wildman–Crippen LogP) is -0.279. The number of hydrogen-bond donors (Lipinski definition) is 1. The van der Waals surface area contributed by atoms with Crippen LogP contribution < -0.4 is 5.73 Å². The van der Waals surface area contributed by atoms with Crippen LogP contribution in [0.25, 0.3) is 0 Å². The van der Waals surface area contributed by atoms with E-state index >= 15 is 0 Å². The Morgan fingerprint density at radius 3 is 2.94 bits per heavy atom. The Kier molecular flexibility index (Phi) is 4.24. The first-order valence-corrected chi connectivity index (χ1v) is 6.88. The molecule has 0 bridgehead atoms. The third-order valence-corrected chi connectivity index (χ3v) is 3.53. The van der Waals surface area contributed by atoms with Gasteiger partial charge in [-0.05, 0) is 0 Å². The van der Waals surface area contributed by atoms with Crippen molar-refractivity contribution in [2.24, 2.45) is 17.8 Å². The summed E-state index contributed by atoms with van der Waals surface area (Å²) in [6.45, 7) is 2.66. The van der Waals surface area contributed by atoms with Gasteiger partial charge in [0.25, 0.3) is 0 Å². The van der Waals surface area contributed by atoms with E-state index in [2.05, 4.69) is 20.0 Å². The third-order valence-electron chi connectivity index (χ3n) is 2.59. The summed E-state index contributed by atoms with van der Waals surface area (Å²) in [5.74, 6) is 3.75. The maximum absolute atomic E-state index is 5.94. The molecule has 94 valence electrons. The Bertz CT molecular complexity index is 382. The van der Waals surface area contributed by atoms with Crippen molar-refractivity contribution in [2.45, 2.75) is 6.42 Å². The van der Waals surface area contributed by atoms with Gasteiger partial charge in [-0.25, -0.2) is 4.98 Å². The van der Waals surface area contributed by atoms with Gasteiger partial charge in [0, 0.05) is 44.6 Å². The average molecular weight is 254 g/mol. The van der Waals surface area contributed by atoms with Gasteiger partial charge in [-0.15, -0.1) is 0 Å². The normalized spacial score (nSPS) is 17.5. The van der Waals surface area contributed by atoms with Crippen LogP contribution in [-0.4, -0.2) is 56.8 Å². The van der Waals surface area contributed by atoms with Crippen LogP contribution in [0.2, 0.25) is 0 Å². The summed E-state index contributed by atoms with van der Waals surface area (Å²) in [4.78, 5) is 10.7. The first kappa shape index (κ1) is 12.2. The number of guanidine groups is 1. The second kappa shape index (κ2) is 5.90. The van der Waals surface area contributed by atoms with E-state index in [1.54, 1.807) is 11.0 Å². The molecule has 1 aliphatic rings. The zero-order valence-corrected chi connectivity index (χ0v) is 10.9. The van der Waals surface area contributed by atoms with Crippen molar-refractivity contribution in [3.63, 3.8) is 0 Å². The van der Waals surface area contributed by atoms with E-state index in [1.807, 2.05) is 18.8 Å².